The highest BCUT2D eigenvalue weighted by atomic mass is 16.5. The van der Waals surface area contributed by atoms with Crippen molar-refractivity contribution in [1.29, 1.82) is 0 Å². The number of rotatable bonds is 5. The van der Waals surface area contributed by atoms with Crippen LogP contribution in [0.5, 0.6) is 0 Å². The Morgan fingerprint density at radius 1 is 1.54 bits per heavy atom. The first-order valence-electron chi connectivity index (χ1n) is 4.22. The van der Waals surface area contributed by atoms with E-state index in [0.717, 1.165) is 12.8 Å². The summed E-state index contributed by atoms with van der Waals surface area (Å²) in [6.07, 6.45) is 1.50. The Bertz CT molecular complexity index is 223. The van der Waals surface area contributed by atoms with Crippen LogP contribution in [0.2, 0.25) is 0 Å². The average Bonchev–Trinajstić information content (AvgIpc) is 2.85. The fourth-order valence-corrected chi connectivity index (χ4v) is 1.04. The van der Waals surface area contributed by atoms with E-state index in [-0.39, 0.29) is 25.0 Å². The fourth-order valence-electron chi connectivity index (χ4n) is 1.04. The molecule has 74 valence electrons. The average molecular weight is 186 g/mol. The number of hydrogen-bond acceptors (Lipinski definition) is 4. The van der Waals surface area contributed by atoms with Crippen LogP contribution < -0.4 is 11.1 Å². The van der Waals surface area contributed by atoms with Crippen molar-refractivity contribution in [3.63, 3.8) is 0 Å². The number of ketones is 1. The second kappa shape index (κ2) is 3.85. The van der Waals surface area contributed by atoms with E-state index in [1.54, 1.807) is 0 Å². The minimum atomic E-state index is -0.609. The Morgan fingerprint density at radius 2 is 2.15 bits per heavy atom. The third-order valence-electron chi connectivity index (χ3n) is 2.15. The molecule has 0 aliphatic heterocycles. The Morgan fingerprint density at radius 3 is 2.54 bits per heavy atom. The van der Waals surface area contributed by atoms with Gasteiger partial charge < -0.3 is 15.8 Å². The van der Waals surface area contributed by atoms with E-state index in [1.807, 2.05) is 0 Å². The summed E-state index contributed by atoms with van der Waals surface area (Å²) in [4.78, 5) is 21.7. The van der Waals surface area contributed by atoms with Gasteiger partial charge in [0.1, 0.15) is 12.3 Å². The molecule has 0 aromatic rings. The smallest absolute Gasteiger partial charge is 0.235 e. The standard InChI is InChI=1S/C8H14N2O3/c1-6(11)8(2-3-8)13-5-10-7(12)4-9/h2-5,9H2,1H3,(H,10,12). The molecule has 0 saturated heterocycles. The highest BCUT2D eigenvalue weighted by Gasteiger charge is 2.48. The van der Waals surface area contributed by atoms with Gasteiger partial charge in [-0.3, -0.25) is 9.59 Å². The molecule has 0 bridgehead atoms. The van der Waals surface area contributed by atoms with Crippen molar-refractivity contribution >= 4 is 11.7 Å². The van der Waals surface area contributed by atoms with E-state index in [1.165, 1.54) is 6.92 Å². The molecule has 1 rings (SSSR count). The van der Waals surface area contributed by atoms with Crippen molar-refractivity contribution in [3.8, 4) is 0 Å². The Balaban J connectivity index is 2.20. The molecule has 3 N–H and O–H groups in total. The van der Waals surface area contributed by atoms with E-state index in [2.05, 4.69) is 5.32 Å². The van der Waals surface area contributed by atoms with Crippen LogP contribution in [-0.2, 0) is 14.3 Å². The number of carbonyl (C=O) groups is 2. The van der Waals surface area contributed by atoms with Crippen molar-refractivity contribution in [3.05, 3.63) is 0 Å². The van der Waals surface area contributed by atoms with Gasteiger partial charge in [0.25, 0.3) is 0 Å². The molecule has 0 aromatic carbocycles. The maximum atomic E-state index is 11.0. The second-order valence-electron chi connectivity index (χ2n) is 3.14. The van der Waals surface area contributed by atoms with Crippen molar-refractivity contribution in [2.24, 2.45) is 5.73 Å². The zero-order valence-electron chi connectivity index (χ0n) is 7.63. The molecule has 0 radical (unpaired) electrons. The first-order chi connectivity index (χ1) is 6.10. The van der Waals surface area contributed by atoms with Crippen LogP contribution in [0.3, 0.4) is 0 Å². The van der Waals surface area contributed by atoms with Gasteiger partial charge in [0.15, 0.2) is 5.78 Å². The van der Waals surface area contributed by atoms with Gasteiger partial charge in [-0.05, 0) is 19.8 Å². The molecular weight excluding hydrogens is 172 g/mol. The van der Waals surface area contributed by atoms with Gasteiger partial charge in [0.05, 0.1) is 6.54 Å². The molecule has 5 heteroatoms. The summed E-state index contributed by atoms with van der Waals surface area (Å²) in [5, 5.41) is 2.44. The number of amides is 1. The summed E-state index contributed by atoms with van der Waals surface area (Å²) < 4.78 is 5.24. The van der Waals surface area contributed by atoms with Crippen molar-refractivity contribution in [1.82, 2.24) is 5.32 Å². The zero-order chi connectivity index (χ0) is 9.90. The van der Waals surface area contributed by atoms with Crippen LogP contribution in [0.1, 0.15) is 19.8 Å². The molecule has 0 heterocycles. The lowest BCUT2D eigenvalue weighted by molar-refractivity contribution is -0.134. The second-order valence-corrected chi connectivity index (χ2v) is 3.14. The van der Waals surface area contributed by atoms with E-state index >= 15 is 0 Å². The molecule has 0 spiro atoms. The fraction of sp³-hybridized carbons (Fsp3) is 0.750. The van der Waals surface area contributed by atoms with Crippen LogP contribution >= 0.6 is 0 Å². The van der Waals surface area contributed by atoms with Crippen LogP contribution in [-0.4, -0.2) is 30.6 Å². The summed E-state index contributed by atoms with van der Waals surface area (Å²) in [6.45, 7) is 1.50. The zero-order valence-corrected chi connectivity index (χ0v) is 7.63. The lowest BCUT2D eigenvalue weighted by Crippen LogP contribution is -2.36. The van der Waals surface area contributed by atoms with Gasteiger partial charge in [-0.2, -0.15) is 0 Å². The third kappa shape index (κ3) is 2.50. The summed E-state index contributed by atoms with van der Waals surface area (Å²) in [5.74, 6) is -0.256. The van der Waals surface area contributed by atoms with Gasteiger partial charge >= 0.3 is 0 Å². The Hall–Kier alpha value is -0.940. The van der Waals surface area contributed by atoms with Crippen molar-refractivity contribution < 1.29 is 14.3 Å². The molecule has 0 atom stereocenters. The largest absolute Gasteiger partial charge is 0.347 e. The van der Waals surface area contributed by atoms with E-state index in [4.69, 9.17) is 10.5 Å². The Kier molecular flexibility index (Phi) is 3.00. The molecule has 1 saturated carbocycles. The Labute approximate surface area is 76.6 Å². The van der Waals surface area contributed by atoms with Crippen LogP contribution in [0.25, 0.3) is 0 Å². The third-order valence-corrected chi connectivity index (χ3v) is 2.15. The number of nitrogens with two attached hydrogens (primary N) is 1. The van der Waals surface area contributed by atoms with Gasteiger partial charge in [-0.15, -0.1) is 0 Å². The predicted octanol–water partition coefficient (Wildman–Crippen LogP) is -0.843. The number of ether oxygens (including phenoxy) is 1. The number of Topliss-reactive ketones (excluding diaryl/α,β-unsaturated/α-hetero) is 1. The van der Waals surface area contributed by atoms with Crippen molar-refractivity contribution in [2.45, 2.75) is 25.4 Å². The molecule has 0 aromatic heterocycles. The van der Waals surface area contributed by atoms with Gasteiger partial charge in [-0.1, -0.05) is 0 Å². The minimum Gasteiger partial charge on any atom is -0.347 e. The first-order valence-corrected chi connectivity index (χ1v) is 4.22. The maximum absolute atomic E-state index is 11.0. The number of hydrogen-bond donors (Lipinski definition) is 2. The monoisotopic (exact) mass is 186 g/mol. The van der Waals surface area contributed by atoms with Crippen molar-refractivity contribution in [2.75, 3.05) is 13.3 Å². The molecule has 1 fully saturated rings. The predicted molar refractivity (Wildman–Crippen MR) is 45.8 cm³/mol. The lowest BCUT2D eigenvalue weighted by atomic mass is 10.2. The maximum Gasteiger partial charge on any atom is 0.235 e. The van der Waals surface area contributed by atoms with E-state index in [0.29, 0.717) is 0 Å². The summed E-state index contributed by atoms with van der Waals surface area (Å²) in [7, 11) is 0. The number of carbonyl (C=O) groups excluding carboxylic acids is 2. The molecule has 0 unspecified atom stereocenters. The highest BCUT2D eigenvalue weighted by Crippen LogP contribution is 2.39. The summed E-state index contributed by atoms with van der Waals surface area (Å²) >= 11 is 0. The lowest BCUT2D eigenvalue weighted by Gasteiger charge is -2.12. The number of nitrogens with one attached hydrogen (secondary N) is 1. The molecular formula is C8H14N2O3. The van der Waals surface area contributed by atoms with Gasteiger partial charge in [0.2, 0.25) is 5.91 Å². The molecule has 13 heavy (non-hydrogen) atoms. The summed E-state index contributed by atoms with van der Waals surface area (Å²) in [5.41, 5.74) is 4.45. The quantitative estimate of drug-likeness (QED) is 0.548. The molecule has 1 aliphatic carbocycles. The van der Waals surface area contributed by atoms with Crippen LogP contribution in [0.4, 0.5) is 0 Å². The first kappa shape index (κ1) is 10.1. The van der Waals surface area contributed by atoms with Crippen LogP contribution in [0.15, 0.2) is 0 Å². The van der Waals surface area contributed by atoms with E-state index in [9.17, 15) is 9.59 Å². The summed E-state index contributed by atoms with van der Waals surface area (Å²) in [6, 6.07) is 0. The van der Waals surface area contributed by atoms with E-state index < -0.39 is 5.60 Å². The van der Waals surface area contributed by atoms with Gasteiger partial charge in [-0.25, -0.2) is 0 Å². The molecule has 1 amide bonds. The SMILES string of the molecule is CC(=O)C1(OCNC(=O)CN)CC1. The molecule has 5 nitrogen and oxygen atoms in total. The highest BCUT2D eigenvalue weighted by molar-refractivity contribution is 5.87. The topological polar surface area (TPSA) is 81.4 Å². The van der Waals surface area contributed by atoms with Crippen LogP contribution in [0, 0.1) is 0 Å². The van der Waals surface area contributed by atoms with Gasteiger partial charge in [0, 0.05) is 0 Å². The normalized spacial score (nSPS) is 18.0. The minimum absolute atomic E-state index is 0.0227. The molecule has 1 aliphatic rings.